The molecule has 1 aromatic carbocycles. The molecular formula is C15H21N3OS. The average Bonchev–Trinajstić information content (AvgIpc) is 2.92. The molecule has 1 aliphatic carbocycles. The van der Waals surface area contributed by atoms with E-state index in [0.29, 0.717) is 12.1 Å². The Bertz CT molecular complexity index is 576. The molecule has 0 saturated heterocycles. The maximum atomic E-state index is 6.25. The molecular weight excluding hydrogens is 270 g/mol. The van der Waals surface area contributed by atoms with Gasteiger partial charge in [0.25, 0.3) is 0 Å². The largest absolute Gasteiger partial charge is 0.489 e. The van der Waals surface area contributed by atoms with Crippen LogP contribution in [0.5, 0.6) is 5.75 Å². The minimum atomic E-state index is 0.301. The fraction of sp³-hybridized carbons (Fsp3) is 0.533. The van der Waals surface area contributed by atoms with Crippen molar-refractivity contribution in [1.29, 1.82) is 0 Å². The Morgan fingerprint density at radius 1 is 1.35 bits per heavy atom. The van der Waals surface area contributed by atoms with E-state index in [1.54, 1.807) is 0 Å². The van der Waals surface area contributed by atoms with Crippen LogP contribution in [0, 0.1) is 0 Å². The topological polar surface area (TPSA) is 63.9 Å². The van der Waals surface area contributed by atoms with Crippen molar-refractivity contribution in [2.75, 3.05) is 5.75 Å². The van der Waals surface area contributed by atoms with Crippen LogP contribution in [0.4, 0.5) is 0 Å². The molecule has 108 valence electrons. The lowest BCUT2D eigenvalue weighted by atomic mass is 9.94. The lowest BCUT2D eigenvalue weighted by Crippen LogP contribution is -2.31. The molecule has 0 unspecified atom stereocenters. The van der Waals surface area contributed by atoms with Crippen LogP contribution >= 0.6 is 11.8 Å². The van der Waals surface area contributed by atoms with E-state index in [0.717, 1.165) is 48.1 Å². The molecule has 0 radical (unpaired) electrons. The summed E-state index contributed by atoms with van der Waals surface area (Å²) in [5.41, 5.74) is 7.02. The summed E-state index contributed by atoms with van der Waals surface area (Å²) in [4.78, 5) is 1.20. The summed E-state index contributed by atoms with van der Waals surface area (Å²) >= 11 is 1.82. The number of fused-ring (bicyclic) bond motifs is 1. The second-order valence-corrected chi connectivity index (χ2v) is 6.59. The Morgan fingerprint density at radius 3 is 2.90 bits per heavy atom. The van der Waals surface area contributed by atoms with Crippen LogP contribution in [0.3, 0.4) is 0 Å². The van der Waals surface area contributed by atoms with Crippen molar-refractivity contribution in [3.63, 3.8) is 0 Å². The zero-order valence-electron chi connectivity index (χ0n) is 11.8. The summed E-state index contributed by atoms with van der Waals surface area (Å²) < 4.78 is 6.25. The van der Waals surface area contributed by atoms with Crippen molar-refractivity contribution in [3.8, 4) is 5.75 Å². The second-order valence-electron chi connectivity index (χ2n) is 5.31. The van der Waals surface area contributed by atoms with Gasteiger partial charge in [-0.15, -0.1) is 11.8 Å². The zero-order valence-corrected chi connectivity index (χ0v) is 12.6. The van der Waals surface area contributed by atoms with Crippen molar-refractivity contribution in [2.24, 2.45) is 5.73 Å². The Kier molecular flexibility index (Phi) is 4.17. The molecule has 5 heteroatoms. The molecule has 20 heavy (non-hydrogen) atoms. The molecule has 3 rings (SSSR count). The number of nitrogens with one attached hydrogen (secondary N) is 1. The number of H-pyrrole nitrogens is 1. The van der Waals surface area contributed by atoms with Crippen LogP contribution in [-0.4, -0.2) is 28.1 Å². The van der Waals surface area contributed by atoms with Crippen molar-refractivity contribution < 1.29 is 4.74 Å². The summed E-state index contributed by atoms with van der Waals surface area (Å²) in [6.07, 6.45) is 6.43. The molecule has 1 fully saturated rings. The number of ether oxygens (including phenoxy) is 1. The first-order valence-electron chi connectivity index (χ1n) is 7.29. The highest BCUT2D eigenvalue weighted by atomic mass is 32.2. The number of aromatic nitrogens is 2. The minimum Gasteiger partial charge on any atom is -0.489 e. The van der Waals surface area contributed by atoms with Gasteiger partial charge in [0.15, 0.2) is 0 Å². The highest BCUT2D eigenvalue weighted by Gasteiger charge is 2.21. The molecule has 3 N–H and O–H groups in total. The van der Waals surface area contributed by atoms with Gasteiger partial charge in [0.05, 0.1) is 22.7 Å². The van der Waals surface area contributed by atoms with E-state index < -0.39 is 0 Å². The van der Waals surface area contributed by atoms with Crippen molar-refractivity contribution in [2.45, 2.75) is 49.6 Å². The molecule has 4 nitrogen and oxygen atoms in total. The molecule has 1 heterocycles. The first-order chi connectivity index (χ1) is 9.78. The molecule has 1 aromatic heterocycles. The molecule has 0 amide bonds. The van der Waals surface area contributed by atoms with Gasteiger partial charge in [0, 0.05) is 11.4 Å². The third kappa shape index (κ3) is 2.79. The average molecular weight is 291 g/mol. The van der Waals surface area contributed by atoms with Gasteiger partial charge < -0.3 is 10.5 Å². The summed E-state index contributed by atoms with van der Waals surface area (Å²) in [6, 6.07) is 4.47. The Labute approximate surface area is 123 Å². The van der Waals surface area contributed by atoms with Crippen LogP contribution < -0.4 is 10.5 Å². The van der Waals surface area contributed by atoms with Gasteiger partial charge in [-0.05, 0) is 43.6 Å². The minimum absolute atomic E-state index is 0.301. The molecule has 0 bridgehead atoms. The zero-order chi connectivity index (χ0) is 13.9. The molecule has 1 saturated carbocycles. The molecule has 0 atom stereocenters. The van der Waals surface area contributed by atoms with Gasteiger partial charge in [0.2, 0.25) is 0 Å². The number of hydrogen-bond donors (Lipinski definition) is 2. The van der Waals surface area contributed by atoms with E-state index >= 15 is 0 Å². The molecule has 2 aromatic rings. The van der Waals surface area contributed by atoms with Crippen LogP contribution in [0.2, 0.25) is 0 Å². The molecule has 0 aliphatic heterocycles. The smallest absolute Gasteiger partial charge is 0.134 e. The summed E-state index contributed by atoms with van der Waals surface area (Å²) in [6.45, 7) is 2.16. The summed E-state index contributed by atoms with van der Waals surface area (Å²) in [5, 5.41) is 8.31. The van der Waals surface area contributed by atoms with Gasteiger partial charge >= 0.3 is 0 Å². The van der Waals surface area contributed by atoms with Crippen molar-refractivity contribution >= 4 is 22.7 Å². The number of benzene rings is 1. The predicted octanol–water partition coefficient (Wildman–Crippen LogP) is 3.32. The Morgan fingerprint density at radius 2 is 2.15 bits per heavy atom. The van der Waals surface area contributed by atoms with E-state index in [2.05, 4.69) is 23.2 Å². The SMILES string of the molecule is CCSc1c(O[C@H]2CC[C@H](N)CC2)ccc2[nH]ncc12. The predicted molar refractivity (Wildman–Crippen MR) is 83.4 cm³/mol. The Hall–Kier alpha value is -1.20. The Balaban J connectivity index is 1.84. The lowest BCUT2D eigenvalue weighted by molar-refractivity contribution is 0.144. The first-order valence-corrected chi connectivity index (χ1v) is 8.27. The lowest BCUT2D eigenvalue weighted by Gasteiger charge is -2.27. The number of hydrogen-bond acceptors (Lipinski definition) is 4. The van der Waals surface area contributed by atoms with E-state index in [1.165, 1.54) is 4.90 Å². The number of nitrogens with zero attached hydrogens (tertiary/aromatic N) is 1. The number of rotatable bonds is 4. The van der Waals surface area contributed by atoms with Gasteiger partial charge in [0.1, 0.15) is 5.75 Å². The highest BCUT2D eigenvalue weighted by Crippen LogP contribution is 2.37. The molecule has 0 spiro atoms. The van der Waals surface area contributed by atoms with E-state index in [-0.39, 0.29) is 0 Å². The highest BCUT2D eigenvalue weighted by molar-refractivity contribution is 7.99. The number of aromatic amines is 1. The summed E-state index contributed by atoms with van der Waals surface area (Å²) in [5.74, 6) is 2.02. The fourth-order valence-corrected chi connectivity index (χ4v) is 3.61. The van der Waals surface area contributed by atoms with Crippen LogP contribution in [0.1, 0.15) is 32.6 Å². The van der Waals surface area contributed by atoms with E-state index in [4.69, 9.17) is 10.5 Å². The monoisotopic (exact) mass is 291 g/mol. The number of thioether (sulfide) groups is 1. The fourth-order valence-electron chi connectivity index (χ4n) is 2.74. The second kappa shape index (κ2) is 6.06. The van der Waals surface area contributed by atoms with Crippen LogP contribution in [-0.2, 0) is 0 Å². The van der Waals surface area contributed by atoms with Crippen LogP contribution in [0.25, 0.3) is 10.9 Å². The first kappa shape index (κ1) is 13.8. The van der Waals surface area contributed by atoms with Gasteiger partial charge in [-0.1, -0.05) is 6.92 Å². The van der Waals surface area contributed by atoms with Crippen molar-refractivity contribution in [1.82, 2.24) is 10.2 Å². The van der Waals surface area contributed by atoms with Gasteiger partial charge in [-0.25, -0.2) is 0 Å². The van der Waals surface area contributed by atoms with E-state index in [1.807, 2.05) is 24.0 Å². The third-order valence-electron chi connectivity index (χ3n) is 3.84. The normalized spacial score (nSPS) is 23.1. The number of nitrogens with two attached hydrogens (primary N) is 1. The standard InChI is InChI=1S/C15H21N3OS/c1-2-20-15-12-9-17-18-13(12)7-8-14(15)19-11-5-3-10(16)4-6-11/h7-11H,2-6,16H2,1H3,(H,17,18)/t10-,11-. The maximum absolute atomic E-state index is 6.25. The quantitative estimate of drug-likeness (QED) is 0.848. The molecule has 1 aliphatic rings. The van der Waals surface area contributed by atoms with E-state index in [9.17, 15) is 0 Å². The van der Waals surface area contributed by atoms with Crippen molar-refractivity contribution in [3.05, 3.63) is 18.3 Å². The van der Waals surface area contributed by atoms with Crippen LogP contribution in [0.15, 0.2) is 23.2 Å². The maximum Gasteiger partial charge on any atom is 0.134 e. The van der Waals surface area contributed by atoms with Gasteiger partial charge in [-0.2, -0.15) is 5.10 Å². The third-order valence-corrected chi connectivity index (χ3v) is 4.84. The summed E-state index contributed by atoms with van der Waals surface area (Å²) in [7, 11) is 0. The van der Waals surface area contributed by atoms with Gasteiger partial charge in [-0.3, -0.25) is 5.10 Å².